The van der Waals surface area contributed by atoms with Gasteiger partial charge >= 0.3 is 5.97 Å². The van der Waals surface area contributed by atoms with Gasteiger partial charge in [-0.15, -0.1) is 0 Å². The highest BCUT2D eigenvalue weighted by Gasteiger charge is 2.29. The summed E-state index contributed by atoms with van der Waals surface area (Å²) in [5.74, 6) is -0.977. The van der Waals surface area contributed by atoms with Crippen LogP contribution < -0.4 is 0 Å². The minimum Gasteiger partial charge on any atom is -0.507 e. The Morgan fingerprint density at radius 1 is 1.47 bits per heavy atom. The predicted octanol–water partition coefficient (Wildman–Crippen LogP) is 0.970. The fraction of sp³-hybridized carbons (Fsp3) is 0.200. The van der Waals surface area contributed by atoms with Crippen molar-refractivity contribution in [3.8, 4) is 5.75 Å². The molecule has 0 amide bonds. The maximum absolute atomic E-state index is 10.6. The van der Waals surface area contributed by atoms with E-state index in [0.29, 0.717) is 11.3 Å². The highest BCUT2D eigenvalue weighted by atomic mass is 16.7. The highest BCUT2D eigenvalue weighted by molar-refractivity contribution is 6.05. The molecule has 0 bridgehead atoms. The number of nitrogens with zero attached hydrogens (tertiary/aromatic N) is 1. The first-order valence-corrected chi connectivity index (χ1v) is 4.42. The Bertz CT molecular complexity index is 427. The standard InChI is InChI=1S/C10H9NO4/c12-8-4-2-1-3-6(8)7-5-9(10(13)14)15-11-7/h1-4,9,12H,5H2,(H,13,14)/t9-/m0/s1. The average molecular weight is 207 g/mol. The molecule has 1 aliphatic rings. The molecule has 2 N–H and O–H groups in total. The predicted molar refractivity (Wildman–Crippen MR) is 51.8 cm³/mol. The zero-order valence-corrected chi connectivity index (χ0v) is 7.75. The van der Waals surface area contributed by atoms with Gasteiger partial charge in [0.1, 0.15) is 5.75 Å². The molecule has 2 rings (SSSR count). The number of para-hydroxylation sites is 1. The van der Waals surface area contributed by atoms with E-state index in [1.54, 1.807) is 18.2 Å². The van der Waals surface area contributed by atoms with Gasteiger partial charge in [-0.3, -0.25) is 0 Å². The number of benzene rings is 1. The topological polar surface area (TPSA) is 79.1 Å². The van der Waals surface area contributed by atoms with Gasteiger partial charge in [-0.25, -0.2) is 4.79 Å². The Hall–Kier alpha value is -2.04. The molecule has 78 valence electrons. The Kier molecular flexibility index (Phi) is 2.29. The second-order valence-electron chi connectivity index (χ2n) is 3.19. The number of hydrogen-bond acceptors (Lipinski definition) is 4. The van der Waals surface area contributed by atoms with Crippen LogP contribution in [-0.4, -0.2) is 28.0 Å². The molecule has 1 atom stereocenters. The maximum Gasteiger partial charge on any atom is 0.348 e. The quantitative estimate of drug-likeness (QED) is 0.757. The number of hydrogen-bond donors (Lipinski definition) is 2. The van der Waals surface area contributed by atoms with Crippen molar-refractivity contribution in [2.24, 2.45) is 5.16 Å². The van der Waals surface area contributed by atoms with Crippen molar-refractivity contribution in [1.29, 1.82) is 0 Å². The summed E-state index contributed by atoms with van der Waals surface area (Å²) in [6.45, 7) is 0. The number of aromatic hydroxyl groups is 1. The Balaban J connectivity index is 2.21. The molecule has 1 heterocycles. The van der Waals surface area contributed by atoms with Gasteiger partial charge in [-0.05, 0) is 12.1 Å². The number of oxime groups is 1. The normalized spacial score (nSPS) is 19.5. The van der Waals surface area contributed by atoms with Crippen molar-refractivity contribution in [2.45, 2.75) is 12.5 Å². The van der Waals surface area contributed by atoms with Gasteiger partial charge in [-0.2, -0.15) is 0 Å². The van der Waals surface area contributed by atoms with E-state index in [9.17, 15) is 9.90 Å². The summed E-state index contributed by atoms with van der Waals surface area (Å²) in [6.07, 6.45) is -0.771. The van der Waals surface area contributed by atoms with Gasteiger partial charge in [0.2, 0.25) is 6.10 Å². The molecule has 0 aromatic heterocycles. The number of aliphatic carboxylic acids is 1. The first kappa shape index (κ1) is 9.51. The molecule has 5 heteroatoms. The second kappa shape index (κ2) is 3.61. The number of carboxylic acid groups (broad SMARTS) is 1. The summed E-state index contributed by atoms with van der Waals surface area (Å²) in [5.41, 5.74) is 0.974. The molecule has 1 aromatic carbocycles. The Morgan fingerprint density at radius 2 is 2.20 bits per heavy atom. The first-order chi connectivity index (χ1) is 7.18. The van der Waals surface area contributed by atoms with Gasteiger partial charge in [0, 0.05) is 12.0 Å². The number of phenols is 1. The molecule has 0 fully saturated rings. The van der Waals surface area contributed by atoms with Crippen molar-refractivity contribution >= 4 is 11.7 Å². The van der Waals surface area contributed by atoms with Crippen LogP contribution in [-0.2, 0) is 9.63 Å². The molecule has 5 nitrogen and oxygen atoms in total. The summed E-state index contributed by atoms with van der Waals surface area (Å²) in [7, 11) is 0. The number of rotatable bonds is 2. The number of phenolic OH excluding ortho intramolecular Hbond substituents is 1. The maximum atomic E-state index is 10.6. The van der Waals surface area contributed by atoms with Crippen LogP contribution in [0.25, 0.3) is 0 Å². The molecule has 0 spiro atoms. The van der Waals surface area contributed by atoms with Gasteiger partial charge in [0.25, 0.3) is 0 Å². The molecule has 0 saturated carbocycles. The van der Waals surface area contributed by atoms with E-state index in [1.807, 2.05) is 0 Å². The number of carboxylic acids is 1. The lowest BCUT2D eigenvalue weighted by Crippen LogP contribution is -2.19. The van der Waals surface area contributed by atoms with E-state index in [-0.39, 0.29) is 12.2 Å². The van der Waals surface area contributed by atoms with Gasteiger partial charge in [0.05, 0.1) is 5.71 Å². The van der Waals surface area contributed by atoms with E-state index < -0.39 is 12.1 Å². The van der Waals surface area contributed by atoms with Crippen LogP contribution in [0.1, 0.15) is 12.0 Å². The molecular formula is C10H9NO4. The van der Waals surface area contributed by atoms with E-state index in [0.717, 1.165) is 0 Å². The average Bonchev–Trinajstić information content (AvgIpc) is 2.67. The molecule has 1 aromatic rings. The van der Waals surface area contributed by atoms with Crippen LogP contribution in [0, 0.1) is 0 Å². The van der Waals surface area contributed by atoms with Crippen molar-refractivity contribution in [3.63, 3.8) is 0 Å². The van der Waals surface area contributed by atoms with Gasteiger partial charge < -0.3 is 15.1 Å². The lowest BCUT2D eigenvalue weighted by molar-refractivity contribution is -0.148. The molecule has 0 saturated heterocycles. The lowest BCUT2D eigenvalue weighted by atomic mass is 10.0. The van der Waals surface area contributed by atoms with Gasteiger partial charge in [-0.1, -0.05) is 17.3 Å². The molecule has 1 aliphatic heterocycles. The minimum absolute atomic E-state index is 0.0749. The molecular weight excluding hydrogens is 198 g/mol. The Morgan fingerprint density at radius 3 is 2.80 bits per heavy atom. The van der Waals surface area contributed by atoms with Crippen LogP contribution in [0.3, 0.4) is 0 Å². The van der Waals surface area contributed by atoms with E-state index in [1.165, 1.54) is 6.07 Å². The fourth-order valence-corrected chi connectivity index (χ4v) is 1.39. The zero-order valence-electron chi connectivity index (χ0n) is 7.75. The van der Waals surface area contributed by atoms with E-state index in [4.69, 9.17) is 9.94 Å². The lowest BCUT2D eigenvalue weighted by Gasteiger charge is -2.01. The third-order valence-electron chi connectivity index (χ3n) is 2.16. The zero-order chi connectivity index (χ0) is 10.8. The summed E-state index contributed by atoms with van der Waals surface area (Å²) in [6, 6.07) is 6.61. The minimum atomic E-state index is -1.05. The molecule has 0 aliphatic carbocycles. The van der Waals surface area contributed by atoms with Crippen LogP contribution >= 0.6 is 0 Å². The van der Waals surface area contributed by atoms with Crippen LogP contribution in [0.2, 0.25) is 0 Å². The SMILES string of the molecule is O=C(O)[C@@H]1CC(c2ccccc2O)=NO1. The summed E-state index contributed by atoms with van der Waals surface area (Å²) in [5, 5.41) is 21.8. The second-order valence-corrected chi connectivity index (χ2v) is 3.19. The van der Waals surface area contributed by atoms with Crippen molar-refractivity contribution < 1.29 is 19.8 Å². The number of carbonyl (C=O) groups is 1. The summed E-state index contributed by atoms with van der Waals surface area (Å²) < 4.78 is 0. The Labute approximate surface area is 85.6 Å². The van der Waals surface area contributed by atoms with Crippen LogP contribution in [0.4, 0.5) is 0 Å². The largest absolute Gasteiger partial charge is 0.507 e. The molecule has 0 radical (unpaired) electrons. The van der Waals surface area contributed by atoms with Crippen LogP contribution in [0.5, 0.6) is 5.75 Å². The van der Waals surface area contributed by atoms with E-state index >= 15 is 0 Å². The third-order valence-corrected chi connectivity index (χ3v) is 2.16. The van der Waals surface area contributed by atoms with E-state index in [2.05, 4.69) is 5.16 Å². The smallest absolute Gasteiger partial charge is 0.348 e. The van der Waals surface area contributed by atoms with Crippen molar-refractivity contribution in [2.75, 3.05) is 0 Å². The summed E-state index contributed by atoms with van der Waals surface area (Å²) in [4.78, 5) is 15.3. The highest BCUT2D eigenvalue weighted by Crippen LogP contribution is 2.23. The molecule has 0 unspecified atom stereocenters. The summed E-state index contributed by atoms with van der Waals surface area (Å²) >= 11 is 0. The third kappa shape index (κ3) is 1.76. The fourth-order valence-electron chi connectivity index (χ4n) is 1.39. The van der Waals surface area contributed by atoms with Crippen LogP contribution in [0.15, 0.2) is 29.4 Å². The van der Waals surface area contributed by atoms with Crippen molar-refractivity contribution in [3.05, 3.63) is 29.8 Å². The molecule has 15 heavy (non-hydrogen) atoms. The van der Waals surface area contributed by atoms with Crippen molar-refractivity contribution in [1.82, 2.24) is 0 Å². The first-order valence-electron chi connectivity index (χ1n) is 4.42. The van der Waals surface area contributed by atoms with Gasteiger partial charge in [0.15, 0.2) is 0 Å². The monoisotopic (exact) mass is 207 g/mol.